The molecule has 5 nitrogen and oxygen atoms in total. The number of halogens is 1. The van der Waals surface area contributed by atoms with Gasteiger partial charge in [-0.2, -0.15) is 5.10 Å². The normalized spacial score (nSPS) is 24.8. The van der Waals surface area contributed by atoms with Crippen LogP contribution < -0.4 is 5.32 Å². The number of ether oxygens (including phenoxy) is 1. The second-order valence-corrected chi connectivity index (χ2v) is 8.71. The Hall–Kier alpha value is -2.28. The molecule has 2 aliphatic rings. The van der Waals surface area contributed by atoms with Crippen LogP contribution in [-0.2, 0) is 4.74 Å². The van der Waals surface area contributed by atoms with E-state index in [9.17, 15) is 4.39 Å². The summed E-state index contributed by atoms with van der Waals surface area (Å²) in [6.45, 7) is 6.41. The fourth-order valence-corrected chi connectivity index (χ4v) is 4.96. The number of methoxy groups -OCH3 is 1. The van der Waals surface area contributed by atoms with E-state index in [1.807, 2.05) is 18.0 Å². The Morgan fingerprint density at radius 1 is 1.20 bits per heavy atom. The number of hydrogen-bond acceptors (Lipinski definition) is 4. The van der Waals surface area contributed by atoms with Gasteiger partial charge in [0.1, 0.15) is 5.82 Å². The van der Waals surface area contributed by atoms with Crippen molar-refractivity contribution in [1.82, 2.24) is 20.0 Å². The summed E-state index contributed by atoms with van der Waals surface area (Å²) in [5.41, 5.74) is 4.57. The molecular weight excluding hydrogens is 379 g/mol. The van der Waals surface area contributed by atoms with Crippen molar-refractivity contribution in [2.75, 3.05) is 33.3 Å². The molecule has 1 N–H and O–H groups in total. The summed E-state index contributed by atoms with van der Waals surface area (Å²) >= 11 is 0. The van der Waals surface area contributed by atoms with Crippen molar-refractivity contribution >= 4 is 10.9 Å². The van der Waals surface area contributed by atoms with Crippen LogP contribution in [0.15, 0.2) is 42.6 Å². The van der Waals surface area contributed by atoms with Crippen LogP contribution in [0.5, 0.6) is 0 Å². The third-order valence-corrected chi connectivity index (χ3v) is 6.76. The van der Waals surface area contributed by atoms with Crippen LogP contribution in [-0.4, -0.2) is 54.1 Å². The predicted octanol–water partition coefficient (Wildman–Crippen LogP) is 3.84. The van der Waals surface area contributed by atoms with Crippen LogP contribution in [0.4, 0.5) is 4.39 Å². The number of benzene rings is 2. The molecule has 6 heteroatoms. The third-order valence-electron chi connectivity index (χ3n) is 6.76. The van der Waals surface area contributed by atoms with E-state index < -0.39 is 0 Å². The quantitative estimate of drug-likeness (QED) is 0.697. The number of aryl methyl sites for hydroxylation is 1. The molecule has 0 spiro atoms. The summed E-state index contributed by atoms with van der Waals surface area (Å²) in [6.07, 6.45) is 4.72. The molecule has 1 saturated carbocycles. The van der Waals surface area contributed by atoms with Gasteiger partial charge in [0, 0.05) is 44.7 Å². The van der Waals surface area contributed by atoms with E-state index in [0.29, 0.717) is 12.1 Å². The van der Waals surface area contributed by atoms with Crippen molar-refractivity contribution in [1.29, 1.82) is 0 Å². The van der Waals surface area contributed by atoms with Crippen molar-refractivity contribution in [3.8, 4) is 5.69 Å². The van der Waals surface area contributed by atoms with Crippen molar-refractivity contribution in [3.05, 3.63) is 59.5 Å². The lowest BCUT2D eigenvalue weighted by molar-refractivity contribution is -0.0182. The second kappa shape index (κ2) is 8.10. The summed E-state index contributed by atoms with van der Waals surface area (Å²) in [6, 6.07) is 11.4. The number of piperazine rings is 1. The highest BCUT2D eigenvalue weighted by Gasteiger charge is 2.34. The van der Waals surface area contributed by atoms with Gasteiger partial charge in [0.25, 0.3) is 0 Å². The number of nitrogens with zero attached hydrogens (tertiary/aromatic N) is 3. The largest absolute Gasteiger partial charge is 0.381 e. The topological polar surface area (TPSA) is 42.3 Å². The maximum absolute atomic E-state index is 13.3. The first-order chi connectivity index (χ1) is 14.6. The number of fused-ring (bicyclic) bond motifs is 1. The highest BCUT2D eigenvalue weighted by Crippen LogP contribution is 2.35. The van der Waals surface area contributed by atoms with Crippen LogP contribution in [0.25, 0.3) is 16.6 Å². The fraction of sp³-hybridized carbons (Fsp3) is 0.458. The Bertz CT molecular complexity index is 1030. The highest BCUT2D eigenvalue weighted by molar-refractivity contribution is 5.82. The summed E-state index contributed by atoms with van der Waals surface area (Å²) in [4.78, 5) is 2.64. The van der Waals surface area contributed by atoms with Gasteiger partial charge in [0.05, 0.1) is 23.5 Å². The Morgan fingerprint density at radius 3 is 2.77 bits per heavy atom. The van der Waals surface area contributed by atoms with E-state index in [-0.39, 0.29) is 5.82 Å². The first-order valence-electron chi connectivity index (χ1n) is 10.8. The molecule has 5 rings (SSSR count). The van der Waals surface area contributed by atoms with Gasteiger partial charge < -0.3 is 10.1 Å². The smallest absolute Gasteiger partial charge is 0.123 e. The van der Waals surface area contributed by atoms with Crippen LogP contribution in [0.2, 0.25) is 0 Å². The summed E-state index contributed by atoms with van der Waals surface area (Å²) in [7, 11) is 1.82. The molecule has 2 heterocycles. The number of aromatic nitrogens is 2. The average molecular weight is 409 g/mol. The maximum atomic E-state index is 13.3. The average Bonchev–Trinajstić information content (AvgIpc) is 3.13. The van der Waals surface area contributed by atoms with Gasteiger partial charge in [0.2, 0.25) is 0 Å². The van der Waals surface area contributed by atoms with Crippen molar-refractivity contribution in [3.63, 3.8) is 0 Å². The third kappa shape index (κ3) is 3.64. The zero-order chi connectivity index (χ0) is 20.7. The molecule has 1 saturated heterocycles. The molecule has 1 unspecified atom stereocenters. The lowest BCUT2D eigenvalue weighted by atomic mass is 9.81. The first kappa shape index (κ1) is 19.7. The summed E-state index contributed by atoms with van der Waals surface area (Å²) < 4.78 is 20.7. The van der Waals surface area contributed by atoms with E-state index in [1.165, 1.54) is 36.1 Å². The number of hydrogen-bond donors (Lipinski definition) is 1. The van der Waals surface area contributed by atoms with Gasteiger partial charge in [-0.15, -0.1) is 0 Å². The number of nitrogens with one attached hydrogen (secondary N) is 1. The van der Waals surface area contributed by atoms with Crippen LogP contribution in [0.1, 0.15) is 30.0 Å². The van der Waals surface area contributed by atoms with E-state index in [2.05, 4.69) is 34.4 Å². The van der Waals surface area contributed by atoms with Gasteiger partial charge in [-0.3, -0.25) is 4.90 Å². The standard InChI is InChI=1S/C24H29FN4O/c1-16-9-23-18(13-27-29(23)20-5-3-19(25)4-6-20)12-22(16)24-14-26-7-8-28(24)15-17-10-21(11-17)30-2/h3-6,9,12-13,17,21,24,26H,7-8,10-11,14-15H2,1-2H3. The second-order valence-electron chi connectivity index (χ2n) is 8.71. The number of rotatable bonds is 5. The molecule has 3 aromatic rings. The Balaban J connectivity index is 1.43. The van der Waals surface area contributed by atoms with Crippen LogP contribution in [0, 0.1) is 18.7 Å². The maximum Gasteiger partial charge on any atom is 0.123 e. The monoisotopic (exact) mass is 408 g/mol. The Kier molecular flexibility index (Phi) is 5.31. The van der Waals surface area contributed by atoms with E-state index >= 15 is 0 Å². The van der Waals surface area contributed by atoms with E-state index in [4.69, 9.17) is 4.74 Å². The minimum Gasteiger partial charge on any atom is -0.381 e. The van der Waals surface area contributed by atoms with Gasteiger partial charge in [-0.05, 0) is 73.2 Å². The van der Waals surface area contributed by atoms with Crippen molar-refractivity contribution in [2.45, 2.75) is 31.9 Å². The first-order valence-corrected chi connectivity index (χ1v) is 10.8. The highest BCUT2D eigenvalue weighted by atomic mass is 19.1. The molecule has 0 bridgehead atoms. The summed E-state index contributed by atoms with van der Waals surface area (Å²) in [5, 5.41) is 9.28. The molecule has 1 aliphatic carbocycles. The van der Waals surface area contributed by atoms with E-state index in [1.54, 1.807) is 12.1 Å². The SMILES string of the molecule is COC1CC(CN2CCNCC2c2cc3cnn(-c4ccc(F)cc4)c3cc2C)C1. The molecule has 2 fully saturated rings. The minimum atomic E-state index is -0.234. The molecule has 2 aromatic carbocycles. The molecule has 0 radical (unpaired) electrons. The fourth-order valence-electron chi connectivity index (χ4n) is 4.96. The van der Waals surface area contributed by atoms with Crippen molar-refractivity contribution in [2.24, 2.45) is 5.92 Å². The molecular formula is C24H29FN4O. The van der Waals surface area contributed by atoms with Crippen LogP contribution in [0.3, 0.4) is 0 Å². The van der Waals surface area contributed by atoms with Crippen molar-refractivity contribution < 1.29 is 9.13 Å². The zero-order valence-corrected chi connectivity index (χ0v) is 17.6. The predicted molar refractivity (Wildman–Crippen MR) is 116 cm³/mol. The van der Waals surface area contributed by atoms with Gasteiger partial charge in [-0.25, -0.2) is 9.07 Å². The Labute approximate surface area is 176 Å². The van der Waals surface area contributed by atoms with E-state index in [0.717, 1.165) is 48.7 Å². The summed E-state index contributed by atoms with van der Waals surface area (Å²) in [5.74, 6) is 0.502. The molecule has 0 amide bonds. The van der Waals surface area contributed by atoms with Gasteiger partial charge in [0.15, 0.2) is 0 Å². The molecule has 158 valence electrons. The lowest BCUT2D eigenvalue weighted by Gasteiger charge is -2.43. The van der Waals surface area contributed by atoms with Gasteiger partial charge in [-0.1, -0.05) is 0 Å². The molecule has 30 heavy (non-hydrogen) atoms. The molecule has 1 aromatic heterocycles. The molecule has 1 aliphatic heterocycles. The van der Waals surface area contributed by atoms with Gasteiger partial charge >= 0.3 is 0 Å². The lowest BCUT2D eigenvalue weighted by Crippen LogP contribution is -2.49. The van der Waals surface area contributed by atoms with Crippen LogP contribution >= 0.6 is 0 Å². The molecule has 1 atom stereocenters. The zero-order valence-electron chi connectivity index (χ0n) is 17.6. The Morgan fingerprint density at radius 2 is 2.00 bits per heavy atom. The minimum absolute atomic E-state index is 0.234.